The summed E-state index contributed by atoms with van der Waals surface area (Å²) < 4.78 is 0. The second-order valence-electron chi connectivity index (χ2n) is 11.6. The number of piperazine rings is 1. The van der Waals surface area contributed by atoms with Crippen molar-refractivity contribution in [1.29, 1.82) is 0 Å². The van der Waals surface area contributed by atoms with Gasteiger partial charge < -0.3 is 9.80 Å². The summed E-state index contributed by atoms with van der Waals surface area (Å²) in [5.74, 6) is 2.31. The van der Waals surface area contributed by atoms with Crippen LogP contribution in [-0.4, -0.2) is 70.1 Å². The molecule has 0 N–H and O–H groups in total. The topological polar surface area (TPSA) is 68.7 Å². The summed E-state index contributed by atoms with van der Waals surface area (Å²) in [6, 6.07) is 7.86. The number of aryl methyl sites for hydroxylation is 2. The molecule has 1 amide bonds. The minimum absolute atomic E-state index is 0.0940. The average Bonchev–Trinajstić information content (AvgIpc) is 3.35. The van der Waals surface area contributed by atoms with Gasteiger partial charge in [-0.3, -0.25) is 14.6 Å². The summed E-state index contributed by atoms with van der Waals surface area (Å²) in [5.41, 5.74) is 1.15. The largest absolute Gasteiger partial charge is 0.354 e. The van der Waals surface area contributed by atoms with Gasteiger partial charge in [0.1, 0.15) is 22.5 Å². The van der Waals surface area contributed by atoms with E-state index < -0.39 is 5.54 Å². The lowest BCUT2D eigenvalue weighted by Gasteiger charge is -2.36. The lowest BCUT2D eigenvalue weighted by Crippen LogP contribution is -2.47. The SMILES string of the molecule is CCCN1CCN(c2cc(N(c3cnc(C(=O)N(c4c(C)cccc4Cl)C(C)(C)C)s3)C(C)C)nc(C)n2)CC1. The number of carbonyl (C=O) groups excluding carboxylic acids is 1. The highest BCUT2D eigenvalue weighted by Gasteiger charge is 2.34. The Morgan fingerprint density at radius 2 is 1.82 bits per heavy atom. The number of hydrogen-bond donors (Lipinski definition) is 0. The van der Waals surface area contributed by atoms with Gasteiger partial charge in [-0.05, 0) is 73.1 Å². The van der Waals surface area contributed by atoms with Crippen molar-refractivity contribution in [1.82, 2.24) is 19.9 Å². The van der Waals surface area contributed by atoms with Crippen LogP contribution in [0.5, 0.6) is 0 Å². The maximum absolute atomic E-state index is 14.0. The second-order valence-corrected chi connectivity index (χ2v) is 13.1. The molecule has 8 nitrogen and oxygen atoms in total. The Hall–Kier alpha value is -2.75. The zero-order chi connectivity index (χ0) is 29.2. The number of para-hydroxylation sites is 1. The Labute approximate surface area is 248 Å². The molecule has 2 aromatic heterocycles. The molecule has 0 radical (unpaired) electrons. The van der Waals surface area contributed by atoms with Crippen molar-refractivity contribution in [3.63, 3.8) is 0 Å². The van der Waals surface area contributed by atoms with E-state index in [1.54, 1.807) is 11.1 Å². The summed E-state index contributed by atoms with van der Waals surface area (Å²) in [6.45, 7) is 21.5. The monoisotopic (exact) mass is 583 g/mol. The lowest BCUT2D eigenvalue weighted by molar-refractivity contribution is 0.0965. The molecule has 1 aliphatic rings. The number of anilines is 4. The first kappa shape index (κ1) is 30.2. The van der Waals surface area contributed by atoms with Crippen LogP contribution in [-0.2, 0) is 0 Å². The summed E-state index contributed by atoms with van der Waals surface area (Å²) >= 11 is 7.99. The van der Waals surface area contributed by atoms with E-state index in [1.165, 1.54) is 17.8 Å². The van der Waals surface area contributed by atoms with Crippen LogP contribution in [0, 0.1) is 13.8 Å². The van der Waals surface area contributed by atoms with Crippen LogP contribution in [0.1, 0.15) is 69.2 Å². The van der Waals surface area contributed by atoms with E-state index in [-0.39, 0.29) is 11.9 Å². The van der Waals surface area contributed by atoms with Crippen molar-refractivity contribution in [2.45, 2.75) is 73.4 Å². The van der Waals surface area contributed by atoms with E-state index in [9.17, 15) is 4.79 Å². The molecule has 0 bridgehead atoms. The summed E-state index contributed by atoms with van der Waals surface area (Å²) in [5, 5.41) is 1.82. The Balaban J connectivity index is 1.65. The highest BCUT2D eigenvalue weighted by Crippen LogP contribution is 2.38. The highest BCUT2D eigenvalue weighted by atomic mass is 35.5. The van der Waals surface area contributed by atoms with Gasteiger partial charge in [-0.25, -0.2) is 15.0 Å². The normalized spacial score (nSPS) is 14.6. The highest BCUT2D eigenvalue weighted by molar-refractivity contribution is 7.17. The van der Waals surface area contributed by atoms with Gasteiger partial charge in [-0.15, -0.1) is 0 Å². The molecule has 1 fully saturated rings. The first-order valence-electron chi connectivity index (χ1n) is 14.1. The number of hydrogen-bond acceptors (Lipinski definition) is 8. The standard InChI is InChI=1S/C30H42ClN7OS/c1-9-13-35-14-16-36(17-15-35)24-18-25(34-22(5)33-24)37(20(2)3)26-19-32-28(40-26)29(39)38(30(6,7)8)27-21(4)11-10-12-23(27)31/h10-12,18-20H,9,13-17H2,1-8H3. The molecule has 1 aliphatic heterocycles. The van der Waals surface area contributed by atoms with Gasteiger partial charge in [0, 0.05) is 43.8 Å². The molecule has 1 saturated heterocycles. The summed E-state index contributed by atoms with van der Waals surface area (Å²) in [6.07, 6.45) is 2.95. The van der Waals surface area contributed by atoms with Crippen molar-refractivity contribution >= 4 is 51.2 Å². The predicted octanol–water partition coefficient (Wildman–Crippen LogP) is 6.73. The van der Waals surface area contributed by atoms with Crippen LogP contribution in [0.2, 0.25) is 5.02 Å². The number of aromatic nitrogens is 3. The van der Waals surface area contributed by atoms with Gasteiger partial charge >= 0.3 is 0 Å². The number of nitrogens with zero attached hydrogens (tertiary/aromatic N) is 7. The fourth-order valence-corrected chi connectivity index (χ4v) is 6.49. The molecule has 0 atom stereocenters. The first-order chi connectivity index (χ1) is 18.9. The Morgan fingerprint density at radius 1 is 1.12 bits per heavy atom. The maximum atomic E-state index is 14.0. The van der Waals surface area contributed by atoms with Crippen LogP contribution >= 0.6 is 22.9 Å². The third-order valence-corrected chi connectivity index (χ3v) is 8.30. The number of benzene rings is 1. The average molecular weight is 584 g/mol. The zero-order valence-electron chi connectivity index (χ0n) is 25.0. The van der Waals surface area contributed by atoms with Gasteiger partial charge in [0.2, 0.25) is 0 Å². The molecule has 0 spiro atoms. The van der Waals surface area contributed by atoms with Crippen LogP contribution in [0.25, 0.3) is 0 Å². The molecule has 0 unspecified atom stereocenters. The first-order valence-corrected chi connectivity index (χ1v) is 15.3. The molecule has 3 aromatic rings. The van der Waals surface area contributed by atoms with E-state index in [2.05, 4.69) is 46.5 Å². The number of carbonyl (C=O) groups is 1. The molecule has 4 rings (SSSR count). The van der Waals surface area contributed by atoms with Gasteiger partial charge in [0.05, 0.1) is 16.9 Å². The number of amides is 1. The summed E-state index contributed by atoms with van der Waals surface area (Å²) in [7, 11) is 0. The van der Waals surface area contributed by atoms with Crippen LogP contribution in [0.15, 0.2) is 30.5 Å². The number of halogens is 1. The minimum Gasteiger partial charge on any atom is -0.354 e. The predicted molar refractivity (Wildman–Crippen MR) is 168 cm³/mol. The molecule has 40 heavy (non-hydrogen) atoms. The van der Waals surface area contributed by atoms with Crippen molar-refractivity contribution in [2.24, 2.45) is 0 Å². The molecular formula is C30H42ClN7OS. The maximum Gasteiger partial charge on any atom is 0.287 e. The molecule has 216 valence electrons. The smallest absolute Gasteiger partial charge is 0.287 e. The fraction of sp³-hybridized carbons (Fsp3) is 0.533. The van der Waals surface area contributed by atoms with E-state index in [4.69, 9.17) is 21.6 Å². The van der Waals surface area contributed by atoms with E-state index >= 15 is 0 Å². The summed E-state index contributed by atoms with van der Waals surface area (Å²) in [4.78, 5) is 36.9. The van der Waals surface area contributed by atoms with Crippen molar-refractivity contribution in [3.8, 4) is 0 Å². The lowest BCUT2D eigenvalue weighted by atomic mass is 10.0. The minimum atomic E-state index is -0.504. The van der Waals surface area contributed by atoms with Crippen LogP contribution in [0.4, 0.5) is 22.3 Å². The zero-order valence-corrected chi connectivity index (χ0v) is 26.6. The Kier molecular flexibility index (Phi) is 9.37. The molecule has 10 heteroatoms. The van der Waals surface area contributed by atoms with Crippen molar-refractivity contribution < 1.29 is 4.79 Å². The number of thiazole rings is 1. The van der Waals surface area contributed by atoms with Gasteiger partial charge in [-0.2, -0.15) is 0 Å². The molecule has 1 aromatic carbocycles. The Bertz CT molecular complexity index is 1310. The molecule has 0 aliphatic carbocycles. The van der Waals surface area contributed by atoms with Crippen LogP contribution in [0.3, 0.4) is 0 Å². The van der Waals surface area contributed by atoms with Crippen molar-refractivity contribution in [3.05, 3.63) is 51.9 Å². The van der Waals surface area contributed by atoms with E-state index in [1.807, 2.05) is 52.8 Å². The Morgan fingerprint density at radius 3 is 2.42 bits per heavy atom. The van der Waals surface area contributed by atoms with Crippen LogP contribution < -0.4 is 14.7 Å². The van der Waals surface area contributed by atoms with Gasteiger partial charge in [0.25, 0.3) is 5.91 Å². The van der Waals surface area contributed by atoms with Crippen molar-refractivity contribution in [2.75, 3.05) is 47.4 Å². The van der Waals surface area contributed by atoms with E-state index in [0.29, 0.717) is 15.7 Å². The van der Waals surface area contributed by atoms with Gasteiger partial charge in [0.15, 0.2) is 5.01 Å². The van der Waals surface area contributed by atoms with Gasteiger partial charge in [-0.1, -0.05) is 42.0 Å². The number of rotatable bonds is 8. The quantitative estimate of drug-likeness (QED) is 0.291. The third kappa shape index (κ3) is 6.58. The second kappa shape index (κ2) is 12.4. The third-order valence-electron chi connectivity index (χ3n) is 7.01. The molecule has 3 heterocycles. The molecular weight excluding hydrogens is 542 g/mol. The van der Waals surface area contributed by atoms with E-state index in [0.717, 1.165) is 60.7 Å². The molecule has 0 saturated carbocycles. The fourth-order valence-electron chi connectivity index (χ4n) is 5.19.